The van der Waals surface area contributed by atoms with Gasteiger partial charge in [-0.25, -0.2) is 0 Å². The highest BCUT2D eigenvalue weighted by Crippen LogP contribution is 2.17. The lowest BCUT2D eigenvalue weighted by Crippen LogP contribution is -2.32. The molecule has 1 aromatic rings. The van der Waals surface area contributed by atoms with Gasteiger partial charge in [-0.1, -0.05) is 20.8 Å². The first kappa shape index (κ1) is 22.4. The SMILES string of the molecule is CCCNCCNC(=O)c1ccc(NC(=O)CC(C)C)c(C)c1.Cl. The van der Waals surface area contributed by atoms with E-state index in [1.807, 2.05) is 20.8 Å². The molecule has 0 spiro atoms. The molecule has 1 aromatic carbocycles. The predicted octanol–water partition coefficient (Wildman–Crippen LogP) is 3.13. The van der Waals surface area contributed by atoms with Crippen molar-refractivity contribution in [1.82, 2.24) is 10.6 Å². The number of halogens is 1. The van der Waals surface area contributed by atoms with E-state index in [1.165, 1.54) is 0 Å². The number of hydrogen-bond acceptors (Lipinski definition) is 3. The Labute approximate surface area is 151 Å². The van der Waals surface area contributed by atoms with Gasteiger partial charge in [0.1, 0.15) is 0 Å². The van der Waals surface area contributed by atoms with Gasteiger partial charge in [-0.15, -0.1) is 12.4 Å². The summed E-state index contributed by atoms with van der Waals surface area (Å²) in [5.41, 5.74) is 2.26. The maximum atomic E-state index is 12.1. The second kappa shape index (κ2) is 11.9. The molecule has 0 saturated carbocycles. The maximum Gasteiger partial charge on any atom is 0.251 e. The highest BCUT2D eigenvalue weighted by Gasteiger charge is 2.10. The lowest BCUT2D eigenvalue weighted by molar-refractivity contribution is -0.116. The van der Waals surface area contributed by atoms with Crippen LogP contribution in [0, 0.1) is 12.8 Å². The summed E-state index contributed by atoms with van der Waals surface area (Å²) in [6.07, 6.45) is 1.57. The third-order valence-electron chi connectivity index (χ3n) is 3.37. The molecule has 2 amide bonds. The van der Waals surface area contributed by atoms with Crippen LogP contribution < -0.4 is 16.0 Å². The molecule has 0 saturated heterocycles. The maximum absolute atomic E-state index is 12.1. The molecule has 0 radical (unpaired) electrons. The first-order valence-corrected chi connectivity index (χ1v) is 8.33. The molecule has 5 nitrogen and oxygen atoms in total. The lowest BCUT2D eigenvalue weighted by Gasteiger charge is -2.12. The van der Waals surface area contributed by atoms with Gasteiger partial charge in [0.15, 0.2) is 0 Å². The van der Waals surface area contributed by atoms with Crippen molar-refractivity contribution >= 4 is 29.9 Å². The van der Waals surface area contributed by atoms with Gasteiger partial charge in [-0.2, -0.15) is 0 Å². The zero-order valence-corrected chi connectivity index (χ0v) is 15.9. The fraction of sp³-hybridized carbons (Fsp3) is 0.556. The second-order valence-corrected chi connectivity index (χ2v) is 6.18. The molecule has 0 aliphatic rings. The van der Waals surface area contributed by atoms with Gasteiger partial charge >= 0.3 is 0 Å². The van der Waals surface area contributed by atoms with Crippen molar-refractivity contribution in [2.75, 3.05) is 25.0 Å². The second-order valence-electron chi connectivity index (χ2n) is 6.18. The Morgan fingerprint density at radius 2 is 1.83 bits per heavy atom. The van der Waals surface area contributed by atoms with Crippen LogP contribution in [-0.4, -0.2) is 31.4 Å². The van der Waals surface area contributed by atoms with Crippen LogP contribution in [0.4, 0.5) is 5.69 Å². The third-order valence-corrected chi connectivity index (χ3v) is 3.37. The summed E-state index contributed by atoms with van der Waals surface area (Å²) in [5.74, 6) is 0.232. The number of hydrogen-bond donors (Lipinski definition) is 3. The topological polar surface area (TPSA) is 70.2 Å². The quantitative estimate of drug-likeness (QED) is 0.596. The van der Waals surface area contributed by atoms with Crippen molar-refractivity contribution < 1.29 is 9.59 Å². The predicted molar refractivity (Wildman–Crippen MR) is 102 cm³/mol. The summed E-state index contributed by atoms with van der Waals surface area (Å²) in [7, 11) is 0. The Morgan fingerprint density at radius 1 is 1.12 bits per heavy atom. The van der Waals surface area contributed by atoms with E-state index in [-0.39, 0.29) is 24.2 Å². The van der Waals surface area contributed by atoms with Gasteiger partial charge in [-0.3, -0.25) is 9.59 Å². The van der Waals surface area contributed by atoms with Crippen LogP contribution in [0.1, 0.15) is 49.5 Å². The molecular weight excluding hydrogens is 326 g/mol. The lowest BCUT2D eigenvalue weighted by atomic mass is 10.1. The molecule has 0 aliphatic heterocycles. The van der Waals surface area contributed by atoms with Gasteiger partial charge in [0, 0.05) is 30.8 Å². The molecule has 3 N–H and O–H groups in total. The fourth-order valence-corrected chi connectivity index (χ4v) is 2.19. The number of amides is 2. The van der Waals surface area contributed by atoms with Gasteiger partial charge in [0.2, 0.25) is 5.91 Å². The van der Waals surface area contributed by atoms with E-state index in [9.17, 15) is 9.59 Å². The minimum Gasteiger partial charge on any atom is -0.351 e. The average molecular weight is 356 g/mol. The van der Waals surface area contributed by atoms with Gasteiger partial charge in [-0.05, 0) is 49.6 Å². The Hall–Kier alpha value is -1.59. The first-order chi connectivity index (χ1) is 10.9. The highest BCUT2D eigenvalue weighted by atomic mass is 35.5. The van der Waals surface area contributed by atoms with E-state index < -0.39 is 0 Å². The number of carbonyl (C=O) groups is 2. The van der Waals surface area contributed by atoms with Crippen molar-refractivity contribution in [1.29, 1.82) is 0 Å². The summed E-state index contributed by atoms with van der Waals surface area (Å²) in [5, 5.41) is 9.01. The van der Waals surface area contributed by atoms with Crippen molar-refractivity contribution in [3.05, 3.63) is 29.3 Å². The Balaban J connectivity index is 0.00000529. The Bertz CT molecular complexity index is 533. The monoisotopic (exact) mass is 355 g/mol. The molecule has 0 atom stereocenters. The van der Waals surface area contributed by atoms with Crippen molar-refractivity contribution in [2.24, 2.45) is 5.92 Å². The van der Waals surface area contributed by atoms with E-state index >= 15 is 0 Å². The zero-order chi connectivity index (χ0) is 17.2. The van der Waals surface area contributed by atoms with E-state index in [2.05, 4.69) is 22.9 Å². The normalized spacial score (nSPS) is 10.2. The van der Waals surface area contributed by atoms with Crippen molar-refractivity contribution in [2.45, 2.75) is 40.5 Å². The fourth-order valence-electron chi connectivity index (χ4n) is 2.19. The minimum atomic E-state index is -0.0912. The smallest absolute Gasteiger partial charge is 0.251 e. The largest absolute Gasteiger partial charge is 0.351 e. The van der Waals surface area contributed by atoms with Crippen LogP contribution in [0.15, 0.2) is 18.2 Å². The van der Waals surface area contributed by atoms with E-state index in [0.29, 0.717) is 24.4 Å². The molecule has 24 heavy (non-hydrogen) atoms. The van der Waals surface area contributed by atoms with E-state index in [1.54, 1.807) is 18.2 Å². The number of rotatable bonds is 9. The standard InChI is InChI=1S/C18H29N3O2.ClH/c1-5-8-19-9-10-20-18(23)15-6-7-16(14(4)12-15)21-17(22)11-13(2)3;/h6-7,12-13,19H,5,8-11H2,1-4H3,(H,20,23)(H,21,22);1H. The van der Waals surface area contributed by atoms with Crippen LogP contribution in [0.25, 0.3) is 0 Å². The molecule has 136 valence electrons. The first-order valence-electron chi connectivity index (χ1n) is 8.33. The molecule has 6 heteroatoms. The number of carbonyl (C=O) groups excluding carboxylic acids is 2. The molecule has 0 unspecified atom stereocenters. The van der Waals surface area contributed by atoms with Crippen molar-refractivity contribution in [3.63, 3.8) is 0 Å². The van der Waals surface area contributed by atoms with E-state index in [0.717, 1.165) is 30.8 Å². The highest BCUT2D eigenvalue weighted by molar-refractivity contribution is 5.96. The Kier molecular flexibility index (Phi) is 11.1. The molecule has 0 aliphatic carbocycles. The number of aryl methyl sites for hydroxylation is 1. The molecule has 0 fully saturated rings. The van der Waals surface area contributed by atoms with Crippen molar-refractivity contribution in [3.8, 4) is 0 Å². The summed E-state index contributed by atoms with van der Waals surface area (Å²) in [6, 6.07) is 5.34. The average Bonchev–Trinajstić information content (AvgIpc) is 2.48. The number of benzene rings is 1. The Morgan fingerprint density at radius 3 is 2.42 bits per heavy atom. The summed E-state index contributed by atoms with van der Waals surface area (Å²) in [6.45, 7) is 10.3. The van der Waals surface area contributed by atoms with Gasteiger partial charge in [0.25, 0.3) is 5.91 Å². The number of anilines is 1. The summed E-state index contributed by atoms with van der Waals surface area (Å²) >= 11 is 0. The number of nitrogens with one attached hydrogen (secondary N) is 3. The molecular formula is C18H30ClN3O2. The van der Waals surface area contributed by atoms with Gasteiger partial charge < -0.3 is 16.0 Å². The van der Waals surface area contributed by atoms with Crippen LogP contribution in [0.5, 0.6) is 0 Å². The molecule has 1 rings (SSSR count). The molecule has 0 heterocycles. The van der Waals surface area contributed by atoms with Crippen LogP contribution in [0.3, 0.4) is 0 Å². The zero-order valence-electron chi connectivity index (χ0n) is 15.1. The summed E-state index contributed by atoms with van der Waals surface area (Å²) < 4.78 is 0. The van der Waals surface area contributed by atoms with Crippen LogP contribution >= 0.6 is 12.4 Å². The minimum absolute atomic E-state index is 0. The van der Waals surface area contributed by atoms with Gasteiger partial charge in [0.05, 0.1) is 0 Å². The van der Waals surface area contributed by atoms with Crippen LogP contribution in [-0.2, 0) is 4.79 Å². The third kappa shape index (κ3) is 8.31. The summed E-state index contributed by atoms with van der Waals surface area (Å²) in [4.78, 5) is 23.9. The van der Waals surface area contributed by atoms with Crippen LogP contribution in [0.2, 0.25) is 0 Å². The van der Waals surface area contributed by atoms with E-state index in [4.69, 9.17) is 0 Å². The molecule has 0 aromatic heterocycles. The molecule has 0 bridgehead atoms.